The van der Waals surface area contributed by atoms with Gasteiger partial charge in [-0.25, -0.2) is 0 Å². The molecule has 0 amide bonds. The normalized spacial score (nSPS) is 39.3. The van der Waals surface area contributed by atoms with Crippen LogP contribution in [-0.2, 0) is 9.47 Å². The Balaban J connectivity index is 1.75. The van der Waals surface area contributed by atoms with Crippen LogP contribution in [-0.4, -0.2) is 13.2 Å². The van der Waals surface area contributed by atoms with Crippen LogP contribution >= 0.6 is 0 Å². The number of rotatable bonds is 1. The molecule has 2 atom stereocenters. The number of ether oxygens (including phenoxy) is 2. The Hall–Kier alpha value is -1.06. The van der Waals surface area contributed by atoms with E-state index in [2.05, 4.69) is 26.8 Å². The van der Waals surface area contributed by atoms with Crippen LogP contribution in [0.5, 0.6) is 0 Å². The highest BCUT2D eigenvalue weighted by Crippen LogP contribution is 2.48. The average molecular weight is 262 g/mol. The minimum absolute atomic E-state index is 0.114. The maximum Gasteiger partial charge on any atom is 0.217 e. The van der Waals surface area contributed by atoms with Gasteiger partial charge in [-0.15, -0.1) is 0 Å². The Morgan fingerprint density at radius 2 is 1.95 bits per heavy atom. The molecule has 2 heterocycles. The summed E-state index contributed by atoms with van der Waals surface area (Å²) in [6.45, 7) is 8.29. The van der Waals surface area contributed by atoms with Crippen molar-refractivity contribution in [2.75, 3.05) is 13.2 Å². The summed E-state index contributed by atoms with van der Waals surface area (Å²) < 4.78 is 17.3. The highest BCUT2D eigenvalue weighted by atomic mass is 16.7. The lowest BCUT2D eigenvalue weighted by Gasteiger charge is -2.49. The molecule has 0 saturated carbocycles. The molecule has 104 valence electrons. The first-order chi connectivity index (χ1) is 9.12. The summed E-state index contributed by atoms with van der Waals surface area (Å²) in [6.07, 6.45) is 4.83. The van der Waals surface area contributed by atoms with Crippen LogP contribution in [0.4, 0.5) is 0 Å². The number of allylic oxidation sites excluding steroid dienone is 2. The second-order valence-electron chi connectivity index (χ2n) is 6.11. The van der Waals surface area contributed by atoms with E-state index in [1.165, 1.54) is 5.57 Å². The van der Waals surface area contributed by atoms with Crippen molar-refractivity contribution < 1.29 is 13.9 Å². The Kier molecular flexibility index (Phi) is 3.27. The molecule has 0 bridgehead atoms. The molecule has 3 nitrogen and oxygen atoms in total. The molecule has 19 heavy (non-hydrogen) atoms. The maximum absolute atomic E-state index is 5.95. The first-order valence-corrected chi connectivity index (χ1v) is 7.06. The fraction of sp³-hybridized carbons (Fsp3) is 0.625. The number of hydrogen-bond acceptors (Lipinski definition) is 3. The number of hydrogen-bond donors (Lipinski definition) is 0. The highest BCUT2D eigenvalue weighted by molar-refractivity contribution is 5.14. The molecule has 2 aliphatic rings. The van der Waals surface area contributed by atoms with Crippen molar-refractivity contribution in [1.82, 2.24) is 0 Å². The van der Waals surface area contributed by atoms with Gasteiger partial charge >= 0.3 is 0 Å². The molecule has 0 N–H and O–H groups in total. The molecule has 1 saturated heterocycles. The van der Waals surface area contributed by atoms with Gasteiger partial charge in [-0.2, -0.15) is 0 Å². The van der Waals surface area contributed by atoms with E-state index in [-0.39, 0.29) is 11.7 Å². The van der Waals surface area contributed by atoms with E-state index in [9.17, 15) is 0 Å². The van der Waals surface area contributed by atoms with Crippen LogP contribution in [0.2, 0.25) is 0 Å². The maximum atomic E-state index is 5.95. The minimum atomic E-state index is -0.341. The second-order valence-corrected chi connectivity index (χ2v) is 6.11. The van der Waals surface area contributed by atoms with Crippen molar-refractivity contribution in [2.24, 2.45) is 17.3 Å². The Labute approximate surface area is 114 Å². The molecule has 1 aliphatic heterocycles. The summed E-state index contributed by atoms with van der Waals surface area (Å²) >= 11 is 0. The van der Waals surface area contributed by atoms with Gasteiger partial charge in [-0.05, 0) is 37.3 Å². The van der Waals surface area contributed by atoms with Gasteiger partial charge in [-0.1, -0.05) is 25.5 Å². The van der Waals surface area contributed by atoms with Gasteiger partial charge in [0.2, 0.25) is 6.29 Å². The summed E-state index contributed by atoms with van der Waals surface area (Å²) in [7, 11) is 0. The van der Waals surface area contributed by atoms with Gasteiger partial charge in [0.15, 0.2) is 5.76 Å². The van der Waals surface area contributed by atoms with Crippen molar-refractivity contribution in [3.63, 3.8) is 0 Å². The van der Waals surface area contributed by atoms with Crippen molar-refractivity contribution in [2.45, 2.75) is 33.5 Å². The quantitative estimate of drug-likeness (QED) is 0.718. The molecule has 0 aromatic carbocycles. The van der Waals surface area contributed by atoms with Gasteiger partial charge in [0.1, 0.15) is 0 Å². The highest BCUT2D eigenvalue weighted by Gasteiger charge is 2.47. The summed E-state index contributed by atoms with van der Waals surface area (Å²) in [5.74, 6) is 1.84. The first kappa shape index (κ1) is 12.9. The van der Waals surface area contributed by atoms with Gasteiger partial charge in [0, 0.05) is 5.41 Å². The third-order valence-corrected chi connectivity index (χ3v) is 4.83. The van der Waals surface area contributed by atoms with E-state index in [1.807, 2.05) is 12.1 Å². The van der Waals surface area contributed by atoms with Gasteiger partial charge in [0.05, 0.1) is 19.5 Å². The zero-order valence-corrected chi connectivity index (χ0v) is 11.9. The summed E-state index contributed by atoms with van der Waals surface area (Å²) in [5.41, 5.74) is 1.60. The van der Waals surface area contributed by atoms with Crippen molar-refractivity contribution in [3.8, 4) is 0 Å². The molecular formula is C16H22O3. The lowest BCUT2D eigenvalue weighted by molar-refractivity contribution is -0.260. The first-order valence-electron chi connectivity index (χ1n) is 7.06. The van der Waals surface area contributed by atoms with Crippen LogP contribution in [0.25, 0.3) is 0 Å². The van der Waals surface area contributed by atoms with Gasteiger partial charge in [-0.3, -0.25) is 0 Å². The molecule has 1 fully saturated rings. The van der Waals surface area contributed by atoms with E-state index in [4.69, 9.17) is 13.9 Å². The predicted molar refractivity (Wildman–Crippen MR) is 72.5 cm³/mol. The SMILES string of the molecule is CC1=C[C@H](C)C2(COC(c3ccco3)OC2)[C@@H](C)C1. The van der Waals surface area contributed by atoms with Crippen LogP contribution in [0.1, 0.15) is 39.2 Å². The van der Waals surface area contributed by atoms with Crippen LogP contribution in [0, 0.1) is 17.3 Å². The summed E-state index contributed by atoms with van der Waals surface area (Å²) in [4.78, 5) is 0. The standard InChI is InChI=1S/C16H22O3/c1-11-7-12(2)16(13(3)8-11)9-18-15(19-10-16)14-5-4-6-17-14/h4-7,12-13,15H,8-10H2,1-3H3/t12-,13-,15?,16?/m0/s1. The summed E-state index contributed by atoms with van der Waals surface area (Å²) in [6, 6.07) is 3.77. The summed E-state index contributed by atoms with van der Waals surface area (Å²) in [5, 5.41) is 0. The average Bonchev–Trinajstić information content (AvgIpc) is 2.90. The molecule has 1 spiro atoms. The molecule has 0 unspecified atom stereocenters. The topological polar surface area (TPSA) is 31.6 Å². The lowest BCUT2D eigenvalue weighted by atomic mass is 9.63. The van der Waals surface area contributed by atoms with E-state index < -0.39 is 0 Å². The fourth-order valence-electron chi connectivity index (χ4n) is 3.48. The van der Waals surface area contributed by atoms with Gasteiger partial charge in [0.25, 0.3) is 0 Å². The Morgan fingerprint density at radius 1 is 1.21 bits per heavy atom. The van der Waals surface area contributed by atoms with Crippen LogP contribution in [0.15, 0.2) is 34.5 Å². The lowest BCUT2D eigenvalue weighted by Crippen LogP contribution is -2.49. The fourth-order valence-corrected chi connectivity index (χ4v) is 3.48. The van der Waals surface area contributed by atoms with Crippen molar-refractivity contribution in [1.29, 1.82) is 0 Å². The van der Waals surface area contributed by atoms with E-state index in [0.29, 0.717) is 11.8 Å². The van der Waals surface area contributed by atoms with E-state index >= 15 is 0 Å². The third kappa shape index (κ3) is 2.15. The smallest absolute Gasteiger partial charge is 0.217 e. The monoisotopic (exact) mass is 262 g/mol. The predicted octanol–water partition coefficient (Wildman–Crippen LogP) is 3.93. The van der Waals surface area contributed by atoms with Crippen molar-refractivity contribution >= 4 is 0 Å². The molecule has 3 rings (SSSR count). The van der Waals surface area contributed by atoms with Crippen LogP contribution < -0.4 is 0 Å². The molecular weight excluding hydrogens is 240 g/mol. The molecule has 1 aromatic heterocycles. The number of furan rings is 1. The molecule has 0 radical (unpaired) electrons. The zero-order valence-electron chi connectivity index (χ0n) is 11.9. The molecule has 1 aliphatic carbocycles. The van der Waals surface area contributed by atoms with E-state index in [0.717, 1.165) is 25.4 Å². The third-order valence-electron chi connectivity index (χ3n) is 4.83. The second kappa shape index (κ2) is 4.80. The van der Waals surface area contributed by atoms with Gasteiger partial charge < -0.3 is 13.9 Å². The Bertz CT molecular complexity index is 452. The molecule has 1 aromatic rings. The largest absolute Gasteiger partial charge is 0.464 e. The van der Waals surface area contributed by atoms with Crippen LogP contribution in [0.3, 0.4) is 0 Å². The Morgan fingerprint density at radius 3 is 2.53 bits per heavy atom. The van der Waals surface area contributed by atoms with Crippen molar-refractivity contribution in [3.05, 3.63) is 35.8 Å². The minimum Gasteiger partial charge on any atom is -0.464 e. The van der Waals surface area contributed by atoms with E-state index in [1.54, 1.807) is 6.26 Å². The molecule has 3 heteroatoms. The zero-order chi connectivity index (χ0) is 13.5.